The summed E-state index contributed by atoms with van der Waals surface area (Å²) in [6.45, 7) is 7.29. The van der Waals surface area contributed by atoms with Gasteiger partial charge in [0.2, 0.25) is 0 Å². The fourth-order valence-corrected chi connectivity index (χ4v) is 2.45. The Bertz CT molecular complexity index is 536. The normalized spacial score (nSPS) is 11.0. The van der Waals surface area contributed by atoms with Crippen LogP contribution in [0.3, 0.4) is 0 Å². The molecule has 0 bridgehead atoms. The van der Waals surface area contributed by atoms with Crippen molar-refractivity contribution in [3.63, 3.8) is 0 Å². The Kier molecular flexibility index (Phi) is 4.73. The molecule has 2 aromatic rings. The van der Waals surface area contributed by atoms with Crippen LogP contribution in [-0.2, 0) is 6.42 Å². The largest absolute Gasteiger partial charge is 0.369 e. The van der Waals surface area contributed by atoms with Crippen LogP contribution >= 0.6 is 22.6 Å². The van der Waals surface area contributed by atoms with Crippen molar-refractivity contribution in [3.05, 3.63) is 21.7 Å². The van der Waals surface area contributed by atoms with Crippen molar-refractivity contribution in [2.24, 2.45) is 5.92 Å². The minimum absolute atomic E-state index is 0.558. The van der Waals surface area contributed by atoms with Gasteiger partial charge in [0.15, 0.2) is 11.6 Å². The topological polar surface area (TPSA) is 66.5 Å². The van der Waals surface area contributed by atoms with E-state index in [4.69, 9.17) is 0 Å². The molecule has 2 rings (SSSR count). The molecule has 5 nitrogen and oxygen atoms in total. The second-order valence-corrected chi connectivity index (χ2v) is 5.80. The van der Waals surface area contributed by atoms with Gasteiger partial charge in [-0.2, -0.15) is 0 Å². The number of nitrogens with zero attached hydrogens (tertiary/aromatic N) is 3. The summed E-state index contributed by atoms with van der Waals surface area (Å²) in [6.07, 6.45) is 4.43. The fourth-order valence-electron chi connectivity index (χ4n) is 1.79. The molecule has 2 aromatic heterocycles. The molecular weight excluding hydrogens is 353 g/mol. The van der Waals surface area contributed by atoms with Crippen LogP contribution in [0.5, 0.6) is 0 Å². The van der Waals surface area contributed by atoms with Crippen molar-refractivity contribution in [2.75, 3.05) is 11.9 Å². The van der Waals surface area contributed by atoms with E-state index in [0.717, 1.165) is 28.0 Å². The highest BCUT2D eigenvalue weighted by atomic mass is 127. The lowest BCUT2D eigenvalue weighted by atomic mass is 10.1. The first-order chi connectivity index (χ1) is 9.11. The van der Waals surface area contributed by atoms with Gasteiger partial charge < -0.3 is 10.3 Å². The summed E-state index contributed by atoms with van der Waals surface area (Å²) in [5.74, 6) is 2.81. The third-order valence-electron chi connectivity index (χ3n) is 2.58. The van der Waals surface area contributed by atoms with E-state index in [2.05, 4.69) is 68.6 Å². The molecule has 0 aliphatic carbocycles. The summed E-state index contributed by atoms with van der Waals surface area (Å²) in [5.41, 5.74) is 1.08. The van der Waals surface area contributed by atoms with E-state index >= 15 is 0 Å². The quantitative estimate of drug-likeness (QED) is 0.793. The van der Waals surface area contributed by atoms with E-state index in [1.807, 2.05) is 0 Å². The molecule has 0 aliphatic rings. The SMILES string of the molecule is CCNc1nc(-c2ncc[nH]2)nc(CC(C)C)c1I. The standard InChI is InChI=1S/C13H18IN5/c1-4-15-11-10(14)9(7-8(2)3)18-13(19-11)12-16-5-6-17-12/h5-6,8H,4,7H2,1-3H3,(H,16,17)(H,15,18,19). The molecule has 0 fully saturated rings. The van der Waals surface area contributed by atoms with Crippen LogP contribution in [0, 0.1) is 9.49 Å². The van der Waals surface area contributed by atoms with E-state index < -0.39 is 0 Å². The van der Waals surface area contributed by atoms with Gasteiger partial charge in [-0.3, -0.25) is 0 Å². The van der Waals surface area contributed by atoms with Gasteiger partial charge in [-0.15, -0.1) is 0 Å². The summed E-state index contributed by atoms with van der Waals surface area (Å²) < 4.78 is 1.10. The van der Waals surface area contributed by atoms with Crippen molar-refractivity contribution in [1.82, 2.24) is 19.9 Å². The number of nitrogens with one attached hydrogen (secondary N) is 2. The molecule has 0 saturated carbocycles. The fraction of sp³-hybridized carbons (Fsp3) is 0.462. The summed E-state index contributed by atoms with van der Waals surface area (Å²) in [7, 11) is 0. The van der Waals surface area contributed by atoms with Crippen LogP contribution in [0.25, 0.3) is 11.6 Å². The van der Waals surface area contributed by atoms with Crippen LogP contribution in [0.15, 0.2) is 12.4 Å². The van der Waals surface area contributed by atoms with Crippen LogP contribution in [0.2, 0.25) is 0 Å². The molecule has 2 N–H and O–H groups in total. The maximum atomic E-state index is 4.65. The summed E-state index contributed by atoms with van der Waals surface area (Å²) in [4.78, 5) is 16.5. The van der Waals surface area contributed by atoms with Crippen molar-refractivity contribution in [2.45, 2.75) is 27.2 Å². The molecule has 0 unspecified atom stereocenters. The van der Waals surface area contributed by atoms with Gasteiger partial charge in [-0.05, 0) is 41.9 Å². The highest BCUT2D eigenvalue weighted by Gasteiger charge is 2.15. The minimum Gasteiger partial charge on any atom is -0.369 e. The van der Waals surface area contributed by atoms with Crippen molar-refractivity contribution >= 4 is 28.4 Å². The molecule has 0 saturated heterocycles. The van der Waals surface area contributed by atoms with E-state index in [1.165, 1.54) is 0 Å². The van der Waals surface area contributed by atoms with Crippen LogP contribution in [0.4, 0.5) is 5.82 Å². The second-order valence-electron chi connectivity index (χ2n) is 4.72. The Morgan fingerprint density at radius 2 is 2.16 bits per heavy atom. The van der Waals surface area contributed by atoms with Gasteiger partial charge in [-0.1, -0.05) is 13.8 Å². The highest BCUT2D eigenvalue weighted by Crippen LogP contribution is 2.24. The lowest BCUT2D eigenvalue weighted by molar-refractivity contribution is 0.632. The smallest absolute Gasteiger partial charge is 0.197 e. The van der Waals surface area contributed by atoms with Crippen LogP contribution < -0.4 is 5.32 Å². The van der Waals surface area contributed by atoms with Crippen LogP contribution in [0.1, 0.15) is 26.5 Å². The number of rotatable bonds is 5. The minimum atomic E-state index is 0.558. The Morgan fingerprint density at radius 1 is 1.37 bits per heavy atom. The first-order valence-electron chi connectivity index (χ1n) is 6.41. The number of halogens is 1. The number of imidazole rings is 1. The zero-order valence-electron chi connectivity index (χ0n) is 11.4. The number of anilines is 1. The van der Waals surface area contributed by atoms with Gasteiger partial charge in [0.05, 0.1) is 9.26 Å². The molecule has 0 aromatic carbocycles. The molecule has 102 valence electrons. The maximum absolute atomic E-state index is 4.65. The monoisotopic (exact) mass is 371 g/mol. The molecule has 19 heavy (non-hydrogen) atoms. The molecule has 0 amide bonds. The number of H-pyrrole nitrogens is 1. The van der Waals surface area contributed by atoms with Crippen molar-refractivity contribution in [1.29, 1.82) is 0 Å². The molecule has 2 heterocycles. The van der Waals surface area contributed by atoms with E-state index in [9.17, 15) is 0 Å². The third-order valence-corrected chi connectivity index (χ3v) is 3.71. The van der Waals surface area contributed by atoms with Gasteiger partial charge in [0, 0.05) is 18.9 Å². The first-order valence-corrected chi connectivity index (χ1v) is 7.49. The predicted octanol–water partition coefficient (Wildman–Crippen LogP) is 3.10. The Labute approximate surface area is 126 Å². The maximum Gasteiger partial charge on any atom is 0.197 e. The zero-order valence-corrected chi connectivity index (χ0v) is 13.5. The Balaban J connectivity index is 2.47. The number of hydrogen-bond donors (Lipinski definition) is 2. The first kappa shape index (κ1) is 14.2. The van der Waals surface area contributed by atoms with E-state index in [0.29, 0.717) is 17.6 Å². The Morgan fingerprint density at radius 3 is 2.74 bits per heavy atom. The van der Waals surface area contributed by atoms with Crippen LogP contribution in [-0.4, -0.2) is 26.5 Å². The highest BCUT2D eigenvalue weighted by molar-refractivity contribution is 14.1. The zero-order chi connectivity index (χ0) is 13.8. The molecule has 0 radical (unpaired) electrons. The third kappa shape index (κ3) is 3.43. The van der Waals surface area contributed by atoms with Gasteiger partial charge in [-0.25, -0.2) is 15.0 Å². The molecule has 6 heteroatoms. The average molecular weight is 371 g/mol. The van der Waals surface area contributed by atoms with E-state index in [-0.39, 0.29) is 0 Å². The Hall–Kier alpha value is -1.18. The number of aromatic amines is 1. The molecular formula is C13H18IN5. The van der Waals surface area contributed by atoms with Crippen molar-refractivity contribution < 1.29 is 0 Å². The average Bonchev–Trinajstić information content (AvgIpc) is 2.87. The summed E-state index contributed by atoms with van der Waals surface area (Å²) >= 11 is 2.31. The second kappa shape index (κ2) is 6.31. The molecule has 0 atom stereocenters. The van der Waals surface area contributed by atoms with Gasteiger partial charge in [0.1, 0.15) is 5.82 Å². The molecule has 0 spiro atoms. The molecule has 0 aliphatic heterocycles. The van der Waals surface area contributed by atoms with Gasteiger partial charge >= 0.3 is 0 Å². The lowest BCUT2D eigenvalue weighted by Crippen LogP contribution is -2.10. The van der Waals surface area contributed by atoms with Crippen molar-refractivity contribution in [3.8, 4) is 11.6 Å². The number of hydrogen-bond acceptors (Lipinski definition) is 4. The lowest BCUT2D eigenvalue weighted by Gasteiger charge is -2.12. The van der Waals surface area contributed by atoms with E-state index in [1.54, 1.807) is 12.4 Å². The van der Waals surface area contributed by atoms with Gasteiger partial charge in [0.25, 0.3) is 0 Å². The number of aromatic nitrogens is 4. The predicted molar refractivity (Wildman–Crippen MR) is 85.0 cm³/mol. The summed E-state index contributed by atoms with van der Waals surface area (Å²) in [5, 5.41) is 3.29. The summed E-state index contributed by atoms with van der Waals surface area (Å²) in [6, 6.07) is 0.